The third-order valence-electron chi connectivity index (χ3n) is 4.94. The van der Waals surface area contributed by atoms with Crippen molar-refractivity contribution < 1.29 is 14.3 Å². The van der Waals surface area contributed by atoms with Gasteiger partial charge in [-0.05, 0) is 38.8 Å². The van der Waals surface area contributed by atoms with Crippen LogP contribution in [0.4, 0.5) is 10.5 Å². The topological polar surface area (TPSA) is 51.1 Å². The number of benzene rings is 2. The highest BCUT2D eigenvalue weighted by molar-refractivity contribution is 6.21. The number of aliphatic imine (C=N–C) groups is 1. The fourth-order valence-electron chi connectivity index (χ4n) is 3.96. The van der Waals surface area contributed by atoms with Crippen LogP contribution in [0.5, 0.6) is 0 Å². The summed E-state index contributed by atoms with van der Waals surface area (Å²) in [5.41, 5.74) is 2.73. The smallest absolute Gasteiger partial charge is 0.417 e. The standard InChI is InChI=1S/C22H24N2O3/c1-21(2,3)27-20(25)24-18-12-8-6-10-16(18)19-22(24,26-4)17-11-7-5-9-15(17)13-14-23-19/h5-12H,13-14H2,1-4H3. The average molecular weight is 364 g/mol. The molecule has 5 nitrogen and oxygen atoms in total. The molecular formula is C22H24N2O3. The lowest BCUT2D eigenvalue weighted by molar-refractivity contribution is 0.0191. The quantitative estimate of drug-likeness (QED) is 0.759. The number of methoxy groups -OCH3 is 1. The van der Waals surface area contributed by atoms with Crippen LogP contribution >= 0.6 is 0 Å². The molecule has 0 saturated heterocycles. The van der Waals surface area contributed by atoms with Crippen LogP contribution in [-0.2, 0) is 21.6 Å². The maximum atomic E-state index is 13.3. The molecule has 2 aromatic carbocycles. The number of amides is 1. The van der Waals surface area contributed by atoms with Crippen LogP contribution in [0.3, 0.4) is 0 Å². The second-order valence-electron chi connectivity index (χ2n) is 7.82. The van der Waals surface area contributed by atoms with E-state index in [2.05, 4.69) is 6.07 Å². The van der Waals surface area contributed by atoms with Crippen molar-refractivity contribution in [3.63, 3.8) is 0 Å². The van der Waals surface area contributed by atoms with Crippen molar-refractivity contribution >= 4 is 17.5 Å². The van der Waals surface area contributed by atoms with Gasteiger partial charge < -0.3 is 9.47 Å². The monoisotopic (exact) mass is 364 g/mol. The van der Waals surface area contributed by atoms with E-state index in [0.29, 0.717) is 6.54 Å². The largest absolute Gasteiger partial charge is 0.443 e. The Labute approximate surface area is 159 Å². The van der Waals surface area contributed by atoms with Gasteiger partial charge in [0, 0.05) is 24.8 Å². The summed E-state index contributed by atoms with van der Waals surface area (Å²) in [4.78, 5) is 19.8. The van der Waals surface area contributed by atoms with Gasteiger partial charge in [0.1, 0.15) is 11.3 Å². The van der Waals surface area contributed by atoms with E-state index in [9.17, 15) is 4.79 Å². The molecule has 1 atom stereocenters. The van der Waals surface area contributed by atoms with Gasteiger partial charge >= 0.3 is 6.09 Å². The Balaban J connectivity index is 2.00. The van der Waals surface area contributed by atoms with Gasteiger partial charge in [-0.1, -0.05) is 42.5 Å². The van der Waals surface area contributed by atoms with Gasteiger partial charge in [-0.15, -0.1) is 0 Å². The molecule has 5 heteroatoms. The predicted molar refractivity (Wildman–Crippen MR) is 105 cm³/mol. The molecular weight excluding hydrogens is 340 g/mol. The van der Waals surface area contributed by atoms with Crippen LogP contribution in [0.2, 0.25) is 0 Å². The van der Waals surface area contributed by atoms with Gasteiger partial charge in [0.25, 0.3) is 0 Å². The summed E-state index contributed by atoms with van der Waals surface area (Å²) in [7, 11) is 1.63. The molecule has 0 fully saturated rings. The Kier molecular flexibility index (Phi) is 4.07. The van der Waals surface area contributed by atoms with Gasteiger partial charge in [0.2, 0.25) is 5.72 Å². The maximum Gasteiger partial charge on any atom is 0.417 e. The minimum atomic E-state index is -1.13. The summed E-state index contributed by atoms with van der Waals surface area (Å²) in [6.45, 7) is 6.24. The normalized spacial score (nSPS) is 20.9. The molecule has 1 amide bonds. The number of hydrogen-bond donors (Lipinski definition) is 0. The lowest BCUT2D eigenvalue weighted by Crippen LogP contribution is -2.53. The number of anilines is 1. The zero-order valence-corrected chi connectivity index (χ0v) is 16.2. The summed E-state index contributed by atoms with van der Waals surface area (Å²) in [6.07, 6.45) is 0.355. The number of rotatable bonds is 1. The van der Waals surface area contributed by atoms with Crippen molar-refractivity contribution in [3.8, 4) is 0 Å². The van der Waals surface area contributed by atoms with Crippen LogP contribution in [0.1, 0.15) is 37.5 Å². The van der Waals surface area contributed by atoms with Crippen molar-refractivity contribution in [3.05, 3.63) is 65.2 Å². The van der Waals surface area contributed by atoms with Crippen LogP contribution in [0, 0.1) is 0 Å². The summed E-state index contributed by atoms with van der Waals surface area (Å²) >= 11 is 0. The molecule has 0 aliphatic carbocycles. The molecule has 0 saturated carbocycles. The molecule has 0 spiro atoms. The fraction of sp³-hybridized carbons (Fsp3) is 0.364. The van der Waals surface area contributed by atoms with E-state index in [-0.39, 0.29) is 0 Å². The number of hydrogen-bond acceptors (Lipinski definition) is 4. The highest BCUT2D eigenvalue weighted by Gasteiger charge is 2.56. The van der Waals surface area contributed by atoms with Gasteiger partial charge in [0.15, 0.2) is 0 Å². The van der Waals surface area contributed by atoms with E-state index < -0.39 is 17.4 Å². The first kappa shape index (κ1) is 17.7. The molecule has 1 unspecified atom stereocenters. The second-order valence-corrected chi connectivity index (χ2v) is 7.82. The Morgan fingerprint density at radius 1 is 1.11 bits per heavy atom. The Morgan fingerprint density at radius 2 is 1.81 bits per heavy atom. The van der Waals surface area contributed by atoms with Crippen LogP contribution in [-0.4, -0.2) is 31.1 Å². The number of para-hydroxylation sites is 1. The number of ether oxygens (including phenoxy) is 2. The van der Waals surface area contributed by atoms with Crippen molar-refractivity contribution in [2.45, 2.75) is 38.5 Å². The molecule has 4 rings (SSSR count). The van der Waals surface area contributed by atoms with Gasteiger partial charge in [-0.25, -0.2) is 9.69 Å². The molecule has 140 valence electrons. The van der Waals surface area contributed by atoms with E-state index in [1.807, 2.05) is 63.2 Å². The number of fused-ring (bicyclic) bond motifs is 5. The zero-order chi connectivity index (χ0) is 19.2. The molecule has 0 bridgehead atoms. The van der Waals surface area contributed by atoms with E-state index in [1.54, 1.807) is 12.0 Å². The second kappa shape index (κ2) is 6.20. The van der Waals surface area contributed by atoms with Gasteiger partial charge in [-0.2, -0.15) is 0 Å². The molecule has 2 aliphatic heterocycles. The summed E-state index contributed by atoms with van der Waals surface area (Å²) in [6, 6.07) is 15.8. The van der Waals surface area contributed by atoms with Crippen LogP contribution < -0.4 is 4.90 Å². The van der Waals surface area contributed by atoms with Gasteiger partial charge in [0.05, 0.1) is 5.69 Å². The molecule has 27 heavy (non-hydrogen) atoms. The third-order valence-corrected chi connectivity index (χ3v) is 4.94. The van der Waals surface area contributed by atoms with Crippen LogP contribution in [0.25, 0.3) is 0 Å². The number of carbonyl (C=O) groups is 1. The van der Waals surface area contributed by atoms with Crippen molar-refractivity contribution in [2.75, 3.05) is 18.6 Å². The molecule has 0 N–H and O–H groups in total. The van der Waals surface area contributed by atoms with Crippen molar-refractivity contribution in [2.24, 2.45) is 4.99 Å². The first-order chi connectivity index (χ1) is 12.9. The first-order valence-electron chi connectivity index (χ1n) is 9.19. The van der Waals surface area contributed by atoms with Crippen LogP contribution in [0.15, 0.2) is 53.5 Å². The Morgan fingerprint density at radius 3 is 2.56 bits per heavy atom. The number of carbonyl (C=O) groups excluding carboxylic acids is 1. The maximum absolute atomic E-state index is 13.3. The molecule has 0 radical (unpaired) electrons. The van der Waals surface area contributed by atoms with Crippen molar-refractivity contribution in [1.82, 2.24) is 0 Å². The average Bonchev–Trinajstić information content (AvgIpc) is 2.80. The van der Waals surface area contributed by atoms with E-state index >= 15 is 0 Å². The van der Waals surface area contributed by atoms with E-state index in [1.165, 1.54) is 0 Å². The third kappa shape index (κ3) is 2.65. The molecule has 0 aromatic heterocycles. The van der Waals surface area contributed by atoms with E-state index in [4.69, 9.17) is 14.5 Å². The number of nitrogens with zero attached hydrogens (tertiary/aromatic N) is 2. The Hall–Kier alpha value is -2.66. The lowest BCUT2D eigenvalue weighted by Gasteiger charge is -2.38. The molecule has 2 heterocycles. The summed E-state index contributed by atoms with van der Waals surface area (Å²) in [5, 5.41) is 0. The fourth-order valence-corrected chi connectivity index (χ4v) is 3.96. The minimum absolute atomic E-state index is 0.446. The van der Waals surface area contributed by atoms with E-state index in [0.717, 1.165) is 34.5 Å². The highest BCUT2D eigenvalue weighted by Crippen LogP contribution is 2.48. The minimum Gasteiger partial charge on any atom is -0.443 e. The van der Waals surface area contributed by atoms with Gasteiger partial charge in [-0.3, -0.25) is 4.99 Å². The SMILES string of the molecule is COC12C(=NCCc3ccccc31)c1ccccc1N2C(=O)OC(C)(C)C. The highest BCUT2D eigenvalue weighted by atomic mass is 16.6. The molecule has 2 aliphatic rings. The molecule has 2 aromatic rings. The Bertz CT molecular complexity index is 929. The lowest BCUT2D eigenvalue weighted by atomic mass is 9.91. The summed E-state index contributed by atoms with van der Waals surface area (Å²) in [5.74, 6) is 0. The predicted octanol–water partition coefficient (Wildman–Crippen LogP) is 4.29. The summed E-state index contributed by atoms with van der Waals surface area (Å²) < 4.78 is 11.9. The first-order valence-corrected chi connectivity index (χ1v) is 9.19. The van der Waals surface area contributed by atoms with Crippen molar-refractivity contribution in [1.29, 1.82) is 0 Å². The zero-order valence-electron chi connectivity index (χ0n) is 16.2.